The van der Waals surface area contributed by atoms with Gasteiger partial charge in [-0.25, -0.2) is 4.90 Å². The molecule has 0 unspecified atom stereocenters. The van der Waals surface area contributed by atoms with Crippen LogP contribution in [0.15, 0.2) is 88.7 Å². The number of imide groups is 1. The fourth-order valence-electron chi connectivity index (χ4n) is 2.95. The van der Waals surface area contributed by atoms with Crippen LogP contribution in [0.5, 0.6) is 0 Å². The summed E-state index contributed by atoms with van der Waals surface area (Å²) in [7, 11) is 0. The first-order chi connectivity index (χ1) is 13.6. The first-order valence-corrected chi connectivity index (χ1v) is 10.00. The Hall–Kier alpha value is -2.53. The molecule has 0 bridgehead atoms. The zero-order chi connectivity index (χ0) is 19.7. The van der Waals surface area contributed by atoms with Crippen LogP contribution in [0.2, 0.25) is 10.0 Å². The molecule has 1 aliphatic heterocycles. The molecule has 1 aliphatic rings. The van der Waals surface area contributed by atoms with Crippen molar-refractivity contribution in [1.82, 2.24) is 0 Å². The third-order valence-corrected chi connectivity index (χ3v) is 5.86. The fraction of sp³-hybridized carbons (Fsp3) is 0. The number of amides is 2. The molecule has 0 N–H and O–H groups in total. The molecule has 3 nitrogen and oxygen atoms in total. The molecule has 0 spiro atoms. The number of hydrogen-bond donors (Lipinski definition) is 0. The Morgan fingerprint density at radius 1 is 0.750 bits per heavy atom. The summed E-state index contributed by atoms with van der Waals surface area (Å²) in [6.07, 6.45) is 0. The van der Waals surface area contributed by atoms with Gasteiger partial charge in [0, 0.05) is 15.5 Å². The van der Waals surface area contributed by atoms with Gasteiger partial charge in [-0.2, -0.15) is 0 Å². The van der Waals surface area contributed by atoms with Crippen LogP contribution in [0.4, 0.5) is 5.69 Å². The third kappa shape index (κ3) is 3.47. The highest BCUT2D eigenvalue weighted by atomic mass is 35.5. The Morgan fingerprint density at radius 2 is 1.39 bits per heavy atom. The van der Waals surface area contributed by atoms with Crippen LogP contribution in [-0.2, 0) is 9.59 Å². The Kier molecular flexibility index (Phi) is 5.27. The smallest absolute Gasteiger partial charge is 0.268 e. The average molecular weight is 426 g/mol. The van der Waals surface area contributed by atoms with E-state index in [0.717, 1.165) is 4.90 Å². The Morgan fingerprint density at radius 3 is 2.04 bits per heavy atom. The number of hydrogen-bond acceptors (Lipinski definition) is 3. The van der Waals surface area contributed by atoms with E-state index in [2.05, 4.69) is 0 Å². The number of halogens is 2. The fourth-order valence-corrected chi connectivity index (χ4v) is 4.46. The summed E-state index contributed by atoms with van der Waals surface area (Å²) in [4.78, 5) is 28.9. The van der Waals surface area contributed by atoms with Crippen molar-refractivity contribution in [3.63, 3.8) is 0 Å². The quantitative estimate of drug-likeness (QED) is 0.475. The first kappa shape index (κ1) is 18.8. The molecule has 0 aromatic heterocycles. The van der Waals surface area contributed by atoms with E-state index >= 15 is 0 Å². The van der Waals surface area contributed by atoms with E-state index in [1.165, 1.54) is 16.7 Å². The van der Waals surface area contributed by atoms with Crippen LogP contribution in [-0.4, -0.2) is 11.8 Å². The van der Waals surface area contributed by atoms with E-state index in [1.54, 1.807) is 42.5 Å². The highest BCUT2D eigenvalue weighted by Gasteiger charge is 2.41. The second-order valence-corrected chi connectivity index (χ2v) is 7.95. The number of nitrogens with zero attached hydrogens (tertiary/aromatic N) is 1. The van der Waals surface area contributed by atoms with Crippen molar-refractivity contribution in [3.05, 3.63) is 99.4 Å². The monoisotopic (exact) mass is 425 g/mol. The second-order valence-electron chi connectivity index (χ2n) is 6.02. The molecule has 0 saturated heterocycles. The van der Waals surface area contributed by atoms with E-state index in [4.69, 9.17) is 23.2 Å². The van der Waals surface area contributed by atoms with Gasteiger partial charge < -0.3 is 0 Å². The van der Waals surface area contributed by atoms with Crippen LogP contribution in [0.3, 0.4) is 0 Å². The molecule has 3 aromatic carbocycles. The van der Waals surface area contributed by atoms with E-state index in [1.807, 2.05) is 36.4 Å². The first-order valence-electron chi connectivity index (χ1n) is 8.42. The Bertz CT molecular complexity index is 1100. The van der Waals surface area contributed by atoms with Crippen LogP contribution < -0.4 is 4.90 Å². The molecule has 0 radical (unpaired) electrons. The van der Waals surface area contributed by atoms with Crippen LogP contribution >= 0.6 is 35.0 Å². The van der Waals surface area contributed by atoms with E-state index in [0.29, 0.717) is 26.2 Å². The number of thioether (sulfide) groups is 1. The Balaban J connectivity index is 1.87. The summed E-state index contributed by atoms with van der Waals surface area (Å²) < 4.78 is 0. The second kappa shape index (κ2) is 7.84. The molecular formula is C22H13Cl2NO2S. The normalized spacial score (nSPS) is 14.1. The molecule has 3 aromatic rings. The van der Waals surface area contributed by atoms with Crippen LogP contribution in [0.25, 0.3) is 5.57 Å². The summed E-state index contributed by atoms with van der Waals surface area (Å²) in [6, 6.07) is 23.2. The highest BCUT2D eigenvalue weighted by Crippen LogP contribution is 2.43. The summed E-state index contributed by atoms with van der Waals surface area (Å²) in [5.41, 5.74) is 1.29. The van der Waals surface area contributed by atoms with Gasteiger partial charge >= 0.3 is 0 Å². The lowest BCUT2D eigenvalue weighted by molar-refractivity contribution is -0.119. The lowest BCUT2D eigenvalue weighted by Gasteiger charge is -2.15. The lowest BCUT2D eigenvalue weighted by Crippen LogP contribution is -2.31. The maximum atomic E-state index is 13.3. The highest BCUT2D eigenvalue weighted by molar-refractivity contribution is 8.04. The molecule has 2 amide bonds. The minimum absolute atomic E-state index is 0.282. The van der Waals surface area contributed by atoms with Crippen molar-refractivity contribution < 1.29 is 9.59 Å². The van der Waals surface area contributed by atoms with Gasteiger partial charge in [0.05, 0.1) is 21.2 Å². The van der Waals surface area contributed by atoms with E-state index < -0.39 is 5.91 Å². The number of rotatable bonds is 4. The van der Waals surface area contributed by atoms with Gasteiger partial charge in [0.2, 0.25) is 0 Å². The van der Waals surface area contributed by atoms with Gasteiger partial charge in [-0.15, -0.1) is 0 Å². The van der Waals surface area contributed by atoms with Crippen molar-refractivity contribution >= 4 is 58.0 Å². The average Bonchev–Trinajstić information content (AvgIpc) is 2.93. The number of para-hydroxylation sites is 1. The minimum atomic E-state index is -0.404. The standard InChI is InChI=1S/C22H13Cl2NO2S/c23-14-11-12-17(18(24)13-14)19-20(28-16-9-5-2-6-10-16)22(27)25(21(19)26)15-7-3-1-4-8-15/h1-13H. The molecule has 0 aliphatic carbocycles. The minimum Gasteiger partial charge on any atom is -0.268 e. The Labute approximate surface area is 176 Å². The lowest BCUT2D eigenvalue weighted by atomic mass is 10.1. The predicted molar refractivity (Wildman–Crippen MR) is 115 cm³/mol. The van der Waals surface area contributed by atoms with Crippen molar-refractivity contribution in [3.8, 4) is 0 Å². The topological polar surface area (TPSA) is 37.4 Å². The largest absolute Gasteiger partial charge is 0.272 e. The summed E-state index contributed by atoms with van der Waals surface area (Å²) in [5, 5.41) is 0.785. The molecule has 4 rings (SSSR count). The zero-order valence-electron chi connectivity index (χ0n) is 14.4. The molecule has 6 heteroatoms. The van der Waals surface area contributed by atoms with E-state index in [9.17, 15) is 9.59 Å². The number of carbonyl (C=O) groups is 2. The molecule has 1 heterocycles. The zero-order valence-corrected chi connectivity index (χ0v) is 16.8. The number of carbonyl (C=O) groups excluding carboxylic acids is 2. The van der Waals surface area contributed by atoms with Crippen molar-refractivity contribution in [1.29, 1.82) is 0 Å². The van der Waals surface area contributed by atoms with Crippen molar-refractivity contribution in [2.24, 2.45) is 0 Å². The third-order valence-electron chi connectivity index (χ3n) is 4.22. The summed E-state index contributed by atoms with van der Waals surface area (Å²) in [5.74, 6) is -0.773. The summed E-state index contributed by atoms with van der Waals surface area (Å²) >= 11 is 13.6. The van der Waals surface area contributed by atoms with Gasteiger partial charge in [-0.05, 0) is 36.4 Å². The molecule has 138 valence electrons. The van der Waals surface area contributed by atoms with Gasteiger partial charge in [0.25, 0.3) is 11.8 Å². The molecule has 0 atom stereocenters. The SMILES string of the molecule is O=C1C(Sc2ccccc2)=C(c2ccc(Cl)cc2Cl)C(=O)N1c1ccccc1. The number of anilines is 1. The predicted octanol–water partition coefficient (Wildman–Crippen LogP) is 6.07. The van der Waals surface area contributed by atoms with Gasteiger partial charge in [0.1, 0.15) is 0 Å². The molecule has 0 fully saturated rings. The maximum absolute atomic E-state index is 13.3. The van der Waals surface area contributed by atoms with Gasteiger partial charge in [-0.3, -0.25) is 9.59 Å². The maximum Gasteiger partial charge on any atom is 0.272 e. The molecule has 0 saturated carbocycles. The van der Waals surface area contributed by atoms with Crippen molar-refractivity contribution in [2.75, 3.05) is 4.90 Å². The molecule has 28 heavy (non-hydrogen) atoms. The van der Waals surface area contributed by atoms with Crippen LogP contribution in [0.1, 0.15) is 5.56 Å². The van der Waals surface area contributed by atoms with Crippen LogP contribution in [0, 0.1) is 0 Å². The van der Waals surface area contributed by atoms with Gasteiger partial charge in [-0.1, -0.05) is 77.4 Å². The van der Waals surface area contributed by atoms with E-state index in [-0.39, 0.29) is 11.5 Å². The van der Waals surface area contributed by atoms with Crippen molar-refractivity contribution in [2.45, 2.75) is 4.90 Å². The number of benzene rings is 3. The van der Waals surface area contributed by atoms with Gasteiger partial charge in [0.15, 0.2) is 0 Å². The molecular weight excluding hydrogens is 413 g/mol. The summed E-state index contributed by atoms with van der Waals surface area (Å²) in [6.45, 7) is 0.